The van der Waals surface area contributed by atoms with Crippen molar-refractivity contribution in [2.24, 2.45) is 5.92 Å². The van der Waals surface area contributed by atoms with Crippen molar-refractivity contribution in [3.63, 3.8) is 0 Å². The first-order chi connectivity index (χ1) is 15.4. The van der Waals surface area contributed by atoms with Gasteiger partial charge >= 0.3 is 0 Å². The minimum absolute atomic E-state index is 0.0195. The molecule has 0 radical (unpaired) electrons. The molecule has 0 saturated carbocycles. The number of anilines is 1. The summed E-state index contributed by atoms with van der Waals surface area (Å²) >= 11 is 0. The van der Waals surface area contributed by atoms with Gasteiger partial charge in [0.2, 0.25) is 5.91 Å². The second-order valence-corrected chi connectivity index (χ2v) is 8.19. The Morgan fingerprint density at radius 1 is 1.16 bits per heavy atom. The van der Waals surface area contributed by atoms with E-state index >= 15 is 0 Å². The molecule has 2 aromatic carbocycles. The number of fused-ring (bicyclic) bond motifs is 2. The highest BCUT2D eigenvalue weighted by Gasteiger charge is 2.64. The van der Waals surface area contributed by atoms with Crippen LogP contribution in [0.1, 0.15) is 27.4 Å². The quantitative estimate of drug-likeness (QED) is 0.388. The fourth-order valence-corrected chi connectivity index (χ4v) is 5.23. The van der Waals surface area contributed by atoms with Crippen LogP contribution in [0.25, 0.3) is 0 Å². The normalized spacial score (nSPS) is 24.3. The molecule has 3 aromatic rings. The largest absolute Gasteiger partial charge is 0.324 e. The minimum Gasteiger partial charge on any atom is -0.324 e. The van der Waals surface area contributed by atoms with Gasteiger partial charge in [0.1, 0.15) is 5.54 Å². The molecule has 0 unspecified atom stereocenters. The van der Waals surface area contributed by atoms with Crippen LogP contribution < -0.4 is 5.32 Å². The molecule has 1 fully saturated rings. The van der Waals surface area contributed by atoms with Crippen molar-refractivity contribution in [1.29, 1.82) is 0 Å². The molecule has 0 aliphatic carbocycles. The molecule has 1 spiro atoms. The average Bonchev–Trinajstić information content (AvgIpc) is 3.29. The van der Waals surface area contributed by atoms with E-state index in [0.717, 1.165) is 11.1 Å². The second-order valence-electron chi connectivity index (χ2n) is 8.19. The first-order valence-electron chi connectivity index (χ1n) is 10.3. The maximum absolute atomic E-state index is 13.9. The lowest BCUT2D eigenvalue weighted by Gasteiger charge is -2.35. The standard InChI is InChI=1S/C24H20N4O4/c1-27-14-18(15-8-10-17(11-9-15)28(31)32)21(22(29)16-5-4-12-25-13-16)24(27)19-6-2-3-7-20(19)26-23(24)30/h2-13,18,21H,14H2,1H3,(H,26,30)/t18-,21-,24+/m1/s1. The molecule has 0 bridgehead atoms. The number of likely N-dealkylation sites (tertiary alicyclic amines) is 1. The first-order valence-corrected chi connectivity index (χ1v) is 10.3. The number of carbonyl (C=O) groups is 2. The van der Waals surface area contributed by atoms with Crippen LogP contribution in [0.15, 0.2) is 73.1 Å². The van der Waals surface area contributed by atoms with Crippen LogP contribution in [0.3, 0.4) is 0 Å². The molecule has 3 atom stereocenters. The molecule has 8 heteroatoms. The highest BCUT2D eigenvalue weighted by Crippen LogP contribution is 2.55. The summed E-state index contributed by atoms with van der Waals surface area (Å²) in [5, 5.41) is 14.1. The lowest BCUT2D eigenvalue weighted by molar-refractivity contribution is -0.384. The number of hydrogen-bond donors (Lipinski definition) is 1. The Morgan fingerprint density at radius 3 is 2.59 bits per heavy atom. The van der Waals surface area contributed by atoms with Crippen LogP contribution in [0, 0.1) is 16.0 Å². The first kappa shape index (κ1) is 20.0. The van der Waals surface area contributed by atoms with Gasteiger partial charge in [0.05, 0.1) is 10.8 Å². The number of hydrogen-bond acceptors (Lipinski definition) is 6. The van der Waals surface area contributed by atoms with E-state index in [4.69, 9.17) is 0 Å². The third-order valence-electron chi connectivity index (χ3n) is 6.62. The van der Waals surface area contributed by atoms with E-state index in [0.29, 0.717) is 17.8 Å². The number of nitrogens with zero attached hydrogens (tertiary/aromatic N) is 3. The van der Waals surface area contributed by atoms with Gasteiger partial charge < -0.3 is 5.32 Å². The molecule has 1 amide bonds. The van der Waals surface area contributed by atoms with Gasteiger partial charge in [0, 0.05) is 53.8 Å². The summed E-state index contributed by atoms with van der Waals surface area (Å²) < 4.78 is 0. The van der Waals surface area contributed by atoms with E-state index in [1.807, 2.05) is 36.2 Å². The van der Waals surface area contributed by atoms with Gasteiger partial charge in [0.25, 0.3) is 5.69 Å². The number of Topliss-reactive ketones (excluding diaryl/α,β-unsaturated/α-hetero) is 1. The van der Waals surface area contributed by atoms with Crippen molar-refractivity contribution in [3.05, 3.63) is 99.9 Å². The summed E-state index contributed by atoms with van der Waals surface area (Å²) in [6, 6.07) is 17.1. The maximum Gasteiger partial charge on any atom is 0.269 e. The number of nitro benzene ring substituents is 1. The summed E-state index contributed by atoms with van der Waals surface area (Å²) in [5.74, 6) is -1.50. The summed E-state index contributed by atoms with van der Waals surface area (Å²) in [4.78, 5) is 44.1. The lowest BCUT2D eigenvalue weighted by atomic mass is 9.70. The second kappa shape index (κ2) is 7.35. The summed E-state index contributed by atoms with van der Waals surface area (Å²) in [5.41, 5.74) is 1.46. The van der Waals surface area contributed by atoms with Gasteiger partial charge in [0.15, 0.2) is 5.78 Å². The van der Waals surface area contributed by atoms with Crippen LogP contribution in [0.2, 0.25) is 0 Å². The van der Waals surface area contributed by atoms with Crippen molar-refractivity contribution in [3.8, 4) is 0 Å². The van der Waals surface area contributed by atoms with Crippen molar-refractivity contribution >= 4 is 23.1 Å². The smallest absolute Gasteiger partial charge is 0.269 e. The zero-order valence-corrected chi connectivity index (χ0v) is 17.3. The van der Waals surface area contributed by atoms with E-state index in [1.54, 1.807) is 30.5 Å². The van der Waals surface area contributed by atoms with Gasteiger partial charge in [-0.05, 0) is 30.8 Å². The minimum atomic E-state index is -1.18. The Hall–Kier alpha value is -3.91. The zero-order chi connectivity index (χ0) is 22.5. The molecule has 2 aliphatic heterocycles. The summed E-state index contributed by atoms with van der Waals surface area (Å²) in [6.07, 6.45) is 3.11. The third-order valence-corrected chi connectivity index (χ3v) is 6.62. The Bertz CT molecular complexity index is 1230. The average molecular weight is 428 g/mol. The Kier molecular flexibility index (Phi) is 4.60. The van der Waals surface area contributed by atoms with E-state index in [9.17, 15) is 19.7 Å². The number of rotatable bonds is 4. The van der Waals surface area contributed by atoms with Crippen LogP contribution in [-0.4, -0.2) is 40.1 Å². The fourth-order valence-electron chi connectivity index (χ4n) is 5.23. The highest BCUT2D eigenvalue weighted by atomic mass is 16.6. The molecule has 8 nitrogen and oxygen atoms in total. The predicted octanol–water partition coefficient (Wildman–Crippen LogP) is 3.37. The molecular weight excluding hydrogens is 408 g/mol. The number of pyridine rings is 1. The molecule has 1 aromatic heterocycles. The zero-order valence-electron chi connectivity index (χ0n) is 17.3. The fraction of sp³-hybridized carbons (Fsp3) is 0.208. The SMILES string of the molecule is CN1C[C@H](c2ccc([N+](=O)[O-])cc2)[C@H](C(=O)c2cccnc2)[C@@]12C(=O)Nc1ccccc12. The van der Waals surface area contributed by atoms with Gasteiger partial charge in [-0.1, -0.05) is 30.3 Å². The Labute approximate surface area is 184 Å². The van der Waals surface area contributed by atoms with Crippen molar-refractivity contribution in [2.45, 2.75) is 11.5 Å². The molecule has 1 N–H and O–H groups in total. The summed E-state index contributed by atoms with van der Waals surface area (Å²) in [6.45, 7) is 0.441. The van der Waals surface area contributed by atoms with Gasteiger partial charge in [-0.25, -0.2) is 0 Å². The van der Waals surface area contributed by atoms with E-state index < -0.39 is 16.4 Å². The topological polar surface area (TPSA) is 105 Å². The number of carbonyl (C=O) groups excluding carboxylic acids is 2. The van der Waals surface area contributed by atoms with Crippen LogP contribution >= 0.6 is 0 Å². The van der Waals surface area contributed by atoms with Crippen LogP contribution in [-0.2, 0) is 10.3 Å². The molecule has 160 valence electrons. The van der Waals surface area contributed by atoms with E-state index in [2.05, 4.69) is 10.3 Å². The molecule has 5 rings (SSSR count). The van der Waals surface area contributed by atoms with Crippen LogP contribution in [0.5, 0.6) is 0 Å². The number of non-ortho nitro benzene ring substituents is 1. The number of ketones is 1. The summed E-state index contributed by atoms with van der Waals surface area (Å²) in [7, 11) is 1.84. The number of para-hydroxylation sites is 1. The van der Waals surface area contributed by atoms with Crippen molar-refractivity contribution in [2.75, 3.05) is 18.9 Å². The molecule has 32 heavy (non-hydrogen) atoms. The van der Waals surface area contributed by atoms with Crippen molar-refractivity contribution in [1.82, 2.24) is 9.88 Å². The van der Waals surface area contributed by atoms with E-state index in [1.165, 1.54) is 18.3 Å². The van der Waals surface area contributed by atoms with Crippen LogP contribution in [0.4, 0.5) is 11.4 Å². The number of nitrogens with one attached hydrogen (secondary N) is 1. The number of benzene rings is 2. The van der Waals surface area contributed by atoms with Gasteiger partial charge in [-0.2, -0.15) is 0 Å². The number of amides is 1. The number of nitro groups is 1. The molecule has 2 aliphatic rings. The number of aromatic nitrogens is 1. The molecule has 3 heterocycles. The number of likely N-dealkylation sites (N-methyl/N-ethyl adjacent to an activating group) is 1. The van der Waals surface area contributed by atoms with E-state index in [-0.39, 0.29) is 23.3 Å². The maximum atomic E-state index is 13.9. The monoisotopic (exact) mass is 428 g/mol. The Balaban J connectivity index is 1.70. The lowest BCUT2D eigenvalue weighted by Crippen LogP contribution is -2.51. The highest BCUT2D eigenvalue weighted by molar-refractivity contribution is 6.12. The third kappa shape index (κ3) is 2.76. The molecule has 1 saturated heterocycles. The Morgan fingerprint density at radius 2 is 1.91 bits per heavy atom. The predicted molar refractivity (Wildman–Crippen MR) is 117 cm³/mol. The van der Waals surface area contributed by atoms with Gasteiger partial charge in [-0.3, -0.25) is 29.6 Å². The van der Waals surface area contributed by atoms with Crippen molar-refractivity contribution < 1.29 is 14.5 Å². The van der Waals surface area contributed by atoms with Gasteiger partial charge in [-0.15, -0.1) is 0 Å². The molecular formula is C24H20N4O4.